The summed E-state index contributed by atoms with van der Waals surface area (Å²) >= 11 is 6.15. The summed E-state index contributed by atoms with van der Waals surface area (Å²) in [5.41, 5.74) is 6.66. The summed E-state index contributed by atoms with van der Waals surface area (Å²) in [5.74, 6) is -0.140. The lowest BCUT2D eigenvalue weighted by Gasteiger charge is -2.09. The number of aromatic nitrogens is 4. The Hall–Kier alpha value is -3.97. The van der Waals surface area contributed by atoms with Crippen molar-refractivity contribution >= 4 is 45.7 Å². The summed E-state index contributed by atoms with van der Waals surface area (Å²) in [5, 5.41) is 5.41. The highest BCUT2D eigenvalue weighted by molar-refractivity contribution is 6.31. The summed E-state index contributed by atoms with van der Waals surface area (Å²) in [4.78, 5) is 17.5. The van der Waals surface area contributed by atoms with Gasteiger partial charge in [0.15, 0.2) is 0 Å². The predicted octanol–water partition coefficient (Wildman–Crippen LogP) is 5.48. The van der Waals surface area contributed by atoms with Gasteiger partial charge in [-0.1, -0.05) is 29.8 Å². The van der Waals surface area contributed by atoms with E-state index in [1.165, 1.54) is 6.07 Å². The third-order valence-electron chi connectivity index (χ3n) is 4.66. The van der Waals surface area contributed by atoms with Gasteiger partial charge in [-0.25, -0.2) is 19.8 Å². The van der Waals surface area contributed by atoms with Crippen LogP contribution in [0.5, 0.6) is 0 Å². The molecule has 0 atom stereocenters. The first-order valence-electron chi connectivity index (χ1n) is 9.39. The summed E-state index contributed by atoms with van der Waals surface area (Å²) < 4.78 is 14.5. The second-order valence-corrected chi connectivity index (χ2v) is 7.15. The molecule has 31 heavy (non-hydrogen) atoms. The van der Waals surface area contributed by atoms with Gasteiger partial charge in [-0.3, -0.25) is 9.97 Å². The molecule has 0 amide bonds. The van der Waals surface area contributed by atoms with E-state index in [0.29, 0.717) is 27.2 Å². The fraction of sp³-hybridized carbons (Fsp3) is 0. The van der Waals surface area contributed by atoms with E-state index < -0.39 is 0 Å². The number of nitrogens with zero attached hydrogens (tertiary/aromatic N) is 5. The molecular weight excluding hydrogens is 415 g/mol. The van der Waals surface area contributed by atoms with Crippen LogP contribution in [0.3, 0.4) is 0 Å². The van der Waals surface area contributed by atoms with Crippen molar-refractivity contribution in [1.29, 1.82) is 0 Å². The molecule has 2 heterocycles. The third-order valence-corrected chi connectivity index (χ3v) is 4.89. The maximum atomic E-state index is 14.5. The number of anilines is 1. The summed E-state index contributed by atoms with van der Waals surface area (Å²) in [7, 11) is 0. The molecule has 0 aliphatic carbocycles. The Kier molecular flexibility index (Phi) is 4.93. The average molecular weight is 429 g/mol. The largest absolute Gasteiger partial charge is 0.253 e. The number of nitrogens with one attached hydrogen (secondary N) is 1. The quantitative estimate of drug-likeness (QED) is 0.303. The van der Waals surface area contributed by atoms with E-state index in [9.17, 15) is 4.39 Å². The zero-order chi connectivity index (χ0) is 21.2. The Bertz CT molecular complexity index is 1450. The van der Waals surface area contributed by atoms with Gasteiger partial charge in [0.1, 0.15) is 5.82 Å². The van der Waals surface area contributed by atoms with Crippen molar-refractivity contribution in [3.05, 3.63) is 89.5 Å². The molecule has 150 valence electrons. The predicted molar refractivity (Wildman–Crippen MR) is 121 cm³/mol. The van der Waals surface area contributed by atoms with Gasteiger partial charge in [0.25, 0.3) is 0 Å². The van der Waals surface area contributed by atoms with Crippen LogP contribution in [-0.4, -0.2) is 26.2 Å². The van der Waals surface area contributed by atoms with Gasteiger partial charge in [0.05, 0.1) is 28.5 Å². The standard InChI is InChI=1S/C23H14ClFN6/c24-15-6-8-19-17(12-15)22(16-3-1-2-4-18(16)25)30-23(29-19)31-28-13-14-5-7-20-21(11-14)27-10-9-26-20/h1-13H,(H,29,30,31)/b28-13+. The van der Waals surface area contributed by atoms with Crippen molar-refractivity contribution in [3.63, 3.8) is 0 Å². The smallest absolute Gasteiger partial charge is 0.244 e. The first kappa shape index (κ1) is 19.0. The molecule has 5 aromatic rings. The maximum absolute atomic E-state index is 14.5. The molecule has 0 saturated carbocycles. The van der Waals surface area contributed by atoms with Crippen molar-refractivity contribution in [3.8, 4) is 11.3 Å². The van der Waals surface area contributed by atoms with Crippen LogP contribution in [0.4, 0.5) is 10.3 Å². The van der Waals surface area contributed by atoms with Gasteiger partial charge in [0, 0.05) is 28.4 Å². The highest BCUT2D eigenvalue weighted by atomic mass is 35.5. The van der Waals surface area contributed by atoms with Crippen LogP contribution >= 0.6 is 11.6 Å². The normalized spacial score (nSPS) is 11.4. The molecule has 1 N–H and O–H groups in total. The fourth-order valence-corrected chi connectivity index (χ4v) is 3.41. The van der Waals surface area contributed by atoms with Crippen LogP contribution < -0.4 is 5.43 Å². The summed E-state index contributed by atoms with van der Waals surface area (Å²) in [6.07, 6.45) is 4.92. The van der Waals surface area contributed by atoms with Gasteiger partial charge < -0.3 is 0 Å². The lowest BCUT2D eigenvalue weighted by Crippen LogP contribution is -2.00. The molecular formula is C23H14ClFN6. The molecule has 6 nitrogen and oxygen atoms in total. The Morgan fingerprint density at radius 2 is 1.68 bits per heavy atom. The number of rotatable bonds is 4. The van der Waals surface area contributed by atoms with Crippen LogP contribution in [0.15, 0.2) is 78.2 Å². The Balaban J connectivity index is 1.51. The summed E-state index contributed by atoms with van der Waals surface area (Å²) in [6, 6.07) is 17.3. The van der Waals surface area contributed by atoms with E-state index in [4.69, 9.17) is 11.6 Å². The minimum Gasteiger partial charge on any atom is -0.253 e. The number of benzene rings is 3. The van der Waals surface area contributed by atoms with Crippen LogP contribution in [-0.2, 0) is 0 Å². The minimum atomic E-state index is -0.380. The van der Waals surface area contributed by atoms with E-state index in [-0.39, 0.29) is 11.8 Å². The second kappa shape index (κ2) is 8.04. The maximum Gasteiger partial charge on any atom is 0.244 e. The highest BCUT2D eigenvalue weighted by Gasteiger charge is 2.13. The molecule has 0 bridgehead atoms. The summed E-state index contributed by atoms with van der Waals surface area (Å²) in [6.45, 7) is 0. The molecule has 0 fully saturated rings. The van der Waals surface area contributed by atoms with E-state index in [1.54, 1.807) is 55.0 Å². The van der Waals surface area contributed by atoms with Crippen molar-refractivity contribution in [1.82, 2.24) is 19.9 Å². The van der Waals surface area contributed by atoms with Crippen molar-refractivity contribution < 1.29 is 4.39 Å². The lowest BCUT2D eigenvalue weighted by atomic mass is 10.1. The highest BCUT2D eigenvalue weighted by Crippen LogP contribution is 2.30. The SMILES string of the molecule is Fc1ccccc1-c1nc(N/N=C/c2ccc3nccnc3c2)nc2ccc(Cl)cc12. The van der Waals surface area contributed by atoms with Gasteiger partial charge in [-0.15, -0.1) is 0 Å². The Morgan fingerprint density at radius 1 is 0.871 bits per heavy atom. The molecule has 0 radical (unpaired) electrons. The number of hydrogen-bond acceptors (Lipinski definition) is 6. The monoisotopic (exact) mass is 428 g/mol. The van der Waals surface area contributed by atoms with E-state index in [1.807, 2.05) is 18.2 Å². The molecule has 5 rings (SSSR count). The molecule has 0 saturated heterocycles. The van der Waals surface area contributed by atoms with Gasteiger partial charge in [-0.2, -0.15) is 5.10 Å². The molecule has 0 aliphatic heterocycles. The van der Waals surface area contributed by atoms with Crippen molar-refractivity contribution in [2.24, 2.45) is 5.10 Å². The topological polar surface area (TPSA) is 76.0 Å². The van der Waals surface area contributed by atoms with Gasteiger partial charge in [0.2, 0.25) is 5.95 Å². The number of hydrogen-bond donors (Lipinski definition) is 1. The zero-order valence-electron chi connectivity index (χ0n) is 16.0. The zero-order valence-corrected chi connectivity index (χ0v) is 16.8. The first-order valence-corrected chi connectivity index (χ1v) is 9.77. The Morgan fingerprint density at radius 3 is 2.55 bits per heavy atom. The van der Waals surface area contributed by atoms with Crippen LogP contribution in [0.25, 0.3) is 33.2 Å². The Labute approximate surface area is 181 Å². The molecule has 0 spiro atoms. The molecule has 2 aromatic heterocycles. The van der Waals surface area contributed by atoms with Gasteiger partial charge in [-0.05, 0) is 48.0 Å². The van der Waals surface area contributed by atoms with Crippen LogP contribution in [0.2, 0.25) is 5.02 Å². The van der Waals surface area contributed by atoms with Crippen molar-refractivity contribution in [2.75, 3.05) is 5.43 Å². The van der Waals surface area contributed by atoms with Crippen LogP contribution in [0.1, 0.15) is 5.56 Å². The van der Waals surface area contributed by atoms with E-state index in [0.717, 1.165) is 16.6 Å². The lowest BCUT2D eigenvalue weighted by molar-refractivity contribution is 0.631. The number of hydrazone groups is 1. The van der Waals surface area contributed by atoms with Gasteiger partial charge >= 0.3 is 0 Å². The molecule has 3 aromatic carbocycles. The van der Waals surface area contributed by atoms with Crippen molar-refractivity contribution in [2.45, 2.75) is 0 Å². The van der Waals surface area contributed by atoms with E-state index in [2.05, 4.69) is 30.5 Å². The second-order valence-electron chi connectivity index (χ2n) is 6.71. The molecule has 0 unspecified atom stereocenters. The third kappa shape index (κ3) is 3.91. The molecule has 0 aliphatic rings. The average Bonchev–Trinajstić information content (AvgIpc) is 2.79. The minimum absolute atomic E-state index is 0.241. The fourth-order valence-electron chi connectivity index (χ4n) is 3.23. The van der Waals surface area contributed by atoms with E-state index >= 15 is 0 Å². The number of fused-ring (bicyclic) bond motifs is 2. The number of halogens is 2. The molecule has 8 heteroatoms. The first-order chi connectivity index (χ1) is 15.2. The van der Waals surface area contributed by atoms with Crippen LogP contribution in [0, 0.1) is 5.82 Å².